The summed E-state index contributed by atoms with van der Waals surface area (Å²) in [5.41, 5.74) is 5.04. The first-order valence-electron chi connectivity index (χ1n) is 10.8. The number of nitrogens with zero attached hydrogens (tertiary/aromatic N) is 4. The molecule has 4 aromatic rings. The molecule has 0 atom stereocenters. The van der Waals surface area contributed by atoms with Gasteiger partial charge in [-0.25, -0.2) is 4.98 Å². The summed E-state index contributed by atoms with van der Waals surface area (Å²) >= 11 is 0. The van der Waals surface area contributed by atoms with Gasteiger partial charge in [0.05, 0.1) is 11.7 Å². The van der Waals surface area contributed by atoms with E-state index in [1.54, 1.807) is 0 Å². The summed E-state index contributed by atoms with van der Waals surface area (Å²) < 4.78 is 1.95. The van der Waals surface area contributed by atoms with Crippen molar-refractivity contribution in [2.24, 2.45) is 0 Å². The second-order valence-corrected chi connectivity index (χ2v) is 8.12. The number of pyridine rings is 1. The van der Waals surface area contributed by atoms with Crippen molar-refractivity contribution in [1.82, 2.24) is 19.2 Å². The normalized spacial score (nSPS) is 15.0. The number of carbonyl (C=O) groups excluding carboxylic acids is 1. The van der Waals surface area contributed by atoms with E-state index in [9.17, 15) is 4.79 Å². The van der Waals surface area contributed by atoms with Crippen molar-refractivity contribution >= 4 is 11.6 Å². The first-order valence-corrected chi connectivity index (χ1v) is 10.8. The Balaban J connectivity index is 1.33. The third-order valence-corrected chi connectivity index (χ3v) is 6.02. The minimum Gasteiger partial charge on any atom is -0.336 e. The Hall–Kier alpha value is -3.44. The highest BCUT2D eigenvalue weighted by atomic mass is 16.2. The van der Waals surface area contributed by atoms with E-state index in [-0.39, 0.29) is 11.9 Å². The van der Waals surface area contributed by atoms with Gasteiger partial charge >= 0.3 is 0 Å². The van der Waals surface area contributed by atoms with Crippen molar-refractivity contribution < 1.29 is 4.79 Å². The summed E-state index contributed by atoms with van der Waals surface area (Å²) in [6.45, 7) is 5.07. The number of rotatable bonds is 4. The lowest BCUT2D eigenvalue weighted by Crippen LogP contribution is -2.49. The van der Waals surface area contributed by atoms with E-state index in [0.29, 0.717) is 18.7 Å². The maximum atomic E-state index is 13.1. The maximum absolute atomic E-state index is 13.1. The number of piperazine rings is 1. The zero-order chi connectivity index (χ0) is 21.2. The van der Waals surface area contributed by atoms with Crippen LogP contribution in [0, 0.1) is 6.92 Å². The van der Waals surface area contributed by atoms with Gasteiger partial charge in [0.2, 0.25) is 0 Å². The molecule has 0 radical (unpaired) electrons. The molecule has 5 nitrogen and oxygen atoms in total. The third kappa shape index (κ3) is 3.97. The molecule has 2 aromatic carbocycles. The minimum absolute atomic E-state index is 0.0822. The second-order valence-electron chi connectivity index (χ2n) is 8.12. The van der Waals surface area contributed by atoms with Crippen LogP contribution in [0.15, 0.2) is 85.2 Å². The van der Waals surface area contributed by atoms with Crippen LogP contribution in [0.1, 0.15) is 33.2 Å². The number of fused-ring (bicyclic) bond motifs is 1. The van der Waals surface area contributed by atoms with Crippen LogP contribution in [0.25, 0.3) is 5.65 Å². The van der Waals surface area contributed by atoms with E-state index in [1.165, 1.54) is 11.1 Å². The Labute approximate surface area is 182 Å². The molecule has 5 heteroatoms. The van der Waals surface area contributed by atoms with Crippen molar-refractivity contribution in [2.75, 3.05) is 26.2 Å². The molecule has 1 aliphatic heterocycles. The van der Waals surface area contributed by atoms with Crippen LogP contribution in [0.2, 0.25) is 0 Å². The Morgan fingerprint density at radius 1 is 0.871 bits per heavy atom. The molecule has 2 aromatic heterocycles. The number of amides is 1. The fraction of sp³-hybridized carbons (Fsp3) is 0.231. The molecule has 31 heavy (non-hydrogen) atoms. The molecule has 156 valence electrons. The highest BCUT2D eigenvalue weighted by Crippen LogP contribution is 2.29. The molecule has 3 heterocycles. The molecule has 0 spiro atoms. The second kappa shape index (κ2) is 8.36. The third-order valence-electron chi connectivity index (χ3n) is 6.02. The predicted octanol–water partition coefficient (Wildman–Crippen LogP) is 4.19. The molecule has 1 amide bonds. The highest BCUT2D eigenvalue weighted by molar-refractivity contribution is 5.95. The van der Waals surface area contributed by atoms with Crippen molar-refractivity contribution in [1.29, 1.82) is 0 Å². The Kier molecular flexibility index (Phi) is 5.26. The average molecular weight is 411 g/mol. The van der Waals surface area contributed by atoms with E-state index in [0.717, 1.165) is 24.4 Å². The fourth-order valence-electron chi connectivity index (χ4n) is 4.49. The molecular weight excluding hydrogens is 384 g/mol. The van der Waals surface area contributed by atoms with E-state index < -0.39 is 0 Å². The molecule has 5 rings (SSSR count). The topological polar surface area (TPSA) is 40.9 Å². The van der Waals surface area contributed by atoms with Gasteiger partial charge in [-0.15, -0.1) is 0 Å². The van der Waals surface area contributed by atoms with Gasteiger partial charge in [-0.05, 0) is 30.2 Å². The number of benzene rings is 2. The standard InChI is InChI=1S/C26H26N4O/c1-20-19-30-13-12-23(18-24(30)27-20)26(31)29-16-14-28(15-17-29)25(21-8-4-2-5-9-21)22-10-6-3-7-11-22/h2-13,18-19,25H,14-17H2,1H3. The Bertz CT molecular complexity index is 1140. The summed E-state index contributed by atoms with van der Waals surface area (Å²) in [5, 5.41) is 0. The monoisotopic (exact) mass is 410 g/mol. The largest absolute Gasteiger partial charge is 0.336 e. The van der Waals surface area contributed by atoms with Gasteiger partial charge in [0.1, 0.15) is 5.65 Å². The van der Waals surface area contributed by atoms with Crippen molar-refractivity contribution in [2.45, 2.75) is 13.0 Å². The van der Waals surface area contributed by atoms with Crippen molar-refractivity contribution in [3.8, 4) is 0 Å². The van der Waals surface area contributed by atoms with Gasteiger partial charge < -0.3 is 9.30 Å². The van der Waals surface area contributed by atoms with Gasteiger partial charge in [0.15, 0.2) is 0 Å². The van der Waals surface area contributed by atoms with Crippen molar-refractivity contribution in [3.05, 3.63) is 108 Å². The van der Waals surface area contributed by atoms with Crippen LogP contribution < -0.4 is 0 Å². The van der Waals surface area contributed by atoms with E-state index in [1.807, 2.05) is 40.8 Å². The number of aromatic nitrogens is 2. The van der Waals surface area contributed by atoms with Crippen LogP contribution >= 0.6 is 0 Å². The zero-order valence-corrected chi connectivity index (χ0v) is 17.7. The fourth-order valence-corrected chi connectivity index (χ4v) is 4.49. The van der Waals surface area contributed by atoms with Gasteiger partial charge in [-0.1, -0.05) is 60.7 Å². The highest BCUT2D eigenvalue weighted by Gasteiger charge is 2.28. The minimum atomic E-state index is 0.0822. The first kappa shape index (κ1) is 19.5. The number of aryl methyl sites for hydroxylation is 1. The number of carbonyl (C=O) groups is 1. The van der Waals surface area contributed by atoms with Crippen LogP contribution in [0.3, 0.4) is 0 Å². The van der Waals surface area contributed by atoms with Crippen LogP contribution in [-0.4, -0.2) is 51.3 Å². The van der Waals surface area contributed by atoms with Crippen molar-refractivity contribution in [3.63, 3.8) is 0 Å². The van der Waals surface area contributed by atoms with Crippen LogP contribution in [0.4, 0.5) is 0 Å². The predicted molar refractivity (Wildman–Crippen MR) is 122 cm³/mol. The molecule has 0 bridgehead atoms. The van der Waals surface area contributed by atoms with E-state index >= 15 is 0 Å². The summed E-state index contributed by atoms with van der Waals surface area (Å²) in [6.07, 6.45) is 3.88. The molecule has 1 fully saturated rings. The Morgan fingerprint density at radius 2 is 1.48 bits per heavy atom. The first-order chi connectivity index (χ1) is 15.2. The lowest BCUT2D eigenvalue weighted by Gasteiger charge is -2.39. The number of hydrogen-bond donors (Lipinski definition) is 0. The van der Waals surface area contributed by atoms with E-state index in [2.05, 4.69) is 70.5 Å². The maximum Gasteiger partial charge on any atom is 0.254 e. The molecule has 0 N–H and O–H groups in total. The molecule has 0 unspecified atom stereocenters. The summed E-state index contributed by atoms with van der Waals surface area (Å²) in [7, 11) is 0. The van der Waals surface area contributed by atoms with Gasteiger partial charge in [-0.3, -0.25) is 9.69 Å². The molecular formula is C26H26N4O. The number of imidazole rings is 1. The SMILES string of the molecule is Cc1cn2ccc(C(=O)N3CCN(C(c4ccccc4)c4ccccc4)CC3)cc2n1. The van der Waals surface area contributed by atoms with Crippen LogP contribution in [0.5, 0.6) is 0 Å². The van der Waals surface area contributed by atoms with Gasteiger partial charge in [0.25, 0.3) is 5.91 Å². The van der Waals surface area contributed by atoms with Crippen LogP contribution in [-0.2, 0) is 0 Å². The molecule has 0 aliphatic carbocycles. The quantitative estimate of drug-likeness (QED) is 0.507. The zero-order valence-electron chi connectivity index (χ0n) is 17.7. The number of hydrogen-bond acceptors (Lipinski definition) is 3. The Morgan fingerprint density at radius 3 is 2.10 bits per heavy atom. The molecule has 1 aliphatic rings. The van der Waals surface area contributed by atoms with Gasteiger partial charge in [0, 0.05) is 44.1 Å². The smallest absolute Gasteiger partial charge is 0.254 e. The molecule has 0 saturated carbocycles. The lowest BCUT2D eigenvalue weighted by molar-refractivity contribution is 0.0597. The molecule has 1 saturated heterocycles. The summed E-state index contributed by atoms with van der Waals surface area (Å²) in [4.78, 5) is 22.1. The van der Waals surface area contributed by atoms with E-state index in [4.69, 9.17) is 0 Å². The lowest BCUT2D eigenvalue weighted by atomic mass is 9.96. The summed E-state index contributed by atoms with van der Waals surface area (Å²) in [5.74, 6) is 0.0822. The van der Waals surface area contributed by atoms with Gasteiger partial charge in [-0.2, -0.15) is 0 Å². The average Bonchev–Trinajstić information content (AvgIpc) is 3.20. The summed E-state index contributed by atoms with van der Waals surface area (Å²) in [6, 6.07) is 25.2.